The minimum atomic E-state index is 0.0185. The van der Waals surface area contributed by atoms with E-state index in [0.29, 0.717) is 10.7 Å². The molecule has 5 heteroatoms. The van der Waals surface area contributed by atoms with Crippen molar-refractivity contribution < 1.29 is 0 Å². The molecule has 3 unspecified atom stereocenters. The second kappa shape index (κ2) is 4.48. The second-order valence-electron chi connectivity index (χ2n) is 5.54. The molecule has 1 aromatic heterocycles. The Balaban J connectivity index is 2.19. The molecule has 1 aliphatic rings. The zero-order valence-corrected chi connectivity index (χ0v) is 14.3. The summed E-state index contributed by atoms with van der Waals surface area (Å²) in [5, 5.41) is 0. The second-order valence-corrected chi connectivity index (χ2v) is 7.38. The number of hydrogen-bond acceptors (Lipinski definition) is 1. The third-order valence-electron chi connectivity index (χ3n) is 4.24. The highest BCUT2D eigenvalue weighted by molar-refractivity contribution is 9.11. The number of nitrogens with zero attached hydrogens (tertiary/aromatic N) is 2. The lowest BCUT2D eigenvalue weighted by Crippen LogP contribution is -2.19. The Bertz CT molecular complexity index is 716. The average molecular weight is 388 g/mol. The molecule has 1 heterocycles. The van der Waals surface area contributed by atoms with Gasteiger partial charge >= 0.3 is 5.69 Å². The SMILES string of the molecule is CC1CC1C(Br)c1cc2c(cc1Br)n(C)c(=O)n2C. The van der Waals surface area contributed by atoms with E-state index in [1.807, 2.05) is 20.2 Å². The van der Waals surface area contributed by atoms with Gasteiger partial charge in [0.2, 0.25) is 0 Å². The summed E-state index contributed by atoms with van der Waals surface area (Å²) in [6.45, 7) is 2.28. The normalized spacial score (nSPS) is 23.8. The first-order valence-corrected chi connectivity index (χ1v) is 8.11. The molecule has 1 aliphatic carbocycles. The molecule has 1 fully saturated rings. The number of hydrogen-bond donors (Lipinski definition) is 0. The van der Waals surface area contributed by atoms with E-state index in [1.54, 1.807) is 9.13 Å². The van der Waals surface area contributed by atoms with E-state index in [1.165, 1.54) is 12.0 Å². The van der Waals surface area contributed by atoms with Gasteiger partial charge in [0.15, 0.2) is 0 Å². The summed E-state index contributed by atoms with van der Waals surface area (Å²) in [5.74, 6) is 1.49. The van der Waals surface area contributed by atoms with Gasteiger partial charge in [0.25, 0.3) is 0 Å². The standard InChI is InChI=1S/C14H16Br2N2O/c1-7-4-8(7)13(16)9-5-11-12(6-10(9)15)18(3)14(19)17(11)2/h5-8,13H,4H2,1-3H3. The Kier molecular flexibility index (Phi) is 3.17. The van der Waals surface area contributed by atoms with Crippen molar-refractivity contribution in [3.63, 3.8) is 0 Å². The Morgan fingerprint density at radius 2 is 1.79 bits per heavy atom. The van der Waals surface area contributed by atoms with E-state index in [0.717, 1.165) is 21.4 Å². The van der Waals surface area contributed by atoms with Crippen LogP contribution in [-0.2, 0) is 14.1 Å². The van der Waals surface area contributed by atoms with Crippen LogP contribution in [0.2, 0.25) is 0 Å². The molecule has 102 valence electrons. The van der Waals surface area contributed by atoms with Crippen LogP contribution in [0.1, 0.15) is 23.7 Å². The van der Waals surface area contributed by atoms with Gasteiger partial charge < -0.3 is 0 Å². The van der Waals surface area contributed by atoms with Gasteiger partial charge in [-0.2, -0.15) is 0 Å². The van der Waals surface area contributed by atoms with Crippen LogP contribution in [-0.4, -0.2) is 9.13 Å². The minimum Gasteiger partial charge on any atom is -0.295 e. The van der Waals surface area contributed by atoms with Crippen molar-refractivity contribution in [2.24, 2.45) is 25.9 Å². The van der Waals surface area contributed by atoms with Crippen LogP contribution < -0.4 is 5.69 Å². The maximum absolute atomic E-state index is 12.0. The van der Waals surface area contributed by atoms with E-state index in [4.69, 9.17) is 0 Å². The van der Waals surface area contributed by atoms with Crippen molar-refractivity contribution in [1.82, 2.24) is 9.13 Å². The van der Waals surface area contributed by atoms with Crippen molar-refractivity contribution in [3.05, 3.63) is 32.7 Å². The molecule has 1 saturated carbocycles. The maximum Gasteiger partial charge on any atom is 0.328 e. The van der Waals surface area contributed by atoms with Gasteiger partial charge in [-0.05, 0) is 36.0 Å². The number of aromatic nitrogens is 2. The highest BCUT2D eigenvalue weighted by Gasteiger charge is 2.39. The largest absolute Gasteiger partial charge is 0.328 e. The van der Waals surface area contributed by atoms with E-state index >= 15 is 0 Å². The molecule has 0 aliphatic heterocycles. The van der Waals surface area contributed by atoms with Crippen LogP contribution >= 0.6 is 31.9 Å². The molecule has 0 radical (unpaired) electrons. The fourth-order valence-electron chi connectivity index (χ4n) is 2.74. The minimum absolute atomic E-state index is 0.0185. The van der Waals surface area contributed by atoms with Gasteiger partial charge in [-0.15, -0.1) is 0 Å². The molecule has 3 atom stereocenters. The molecular weight excluding hydrogens is 372 g/mol. The van der Waals surface area contributed by atoms with Crippen molar-refractivity contribution in [2.75, 3.05) is 0 Å². The van der Waals surface area contributed by atoms with Gasteiger partial charge in [0, 0.05) is 23.4 Å². The van der Waals surface area contributed by atoms with Gasteiger partial charge in [-0.3, -0.25) is 9.13 Å². The zero-order chi connectivity index (χ0) is 13.9. The first kappa shape index (κ1) is 13.4. The van der Waals surface area contributed by atoms with Gasteiger partial charge in [0.1, 0.15) is 0 Å². The summed E-state index contributed by atoms with van der Waals surface area (Å²) >= 11 is 7.46. The smallest absolute Gasteiger partial charge is 0.295 e. The Hall–Kier alpha value is -0.550. The monoisotopic (exact) mass is 386 g/mol. The molecule has 0 spiro atoms. The predicted octanol–water partition coefficient (Wildman–Crippen LogP) is 3.73. The highest BCUT2D eigenvalue weighted by atomic mass is 79.9. The van der Waals surface area contributed by atoms with E-state index in [9.17, 15) is 4.79 Å². The summed E-state index contributed by atoms with van der Waals surface area (Å²) in [5.41, 5.74) is 3.21. The summed E-state index contributed by atoms with van der Waals surface area (Å²) in [7, 11) is 3.64. The fraction of sp³-hybridized carbons (Fsp3) is 0.500. The molecule has 2 aromatic rings. The van der Waals surface area contributed by atoms with Crippen molar-refractivity contribution in [3.8, 4) is 0 Å². The van der Waals surface area contributed by atoms with Gasteiger partial charge in [-0.25, -0.2) is 4.79 Å². The van der Waals surface area contributed by atoms with E-state index < -0.39 is 0 Å². The zero-order valence-electron chi connectivity index (χ0n) is 11.2. The number of imidazole rings is 1. The number of halogens is 2. The molecule has 0 bridgehead atoms. The molecule has 1 aromatic carbocycles. The third kappa shape index (κ3) is 2.02. The van der Waals surface area contributed by atoms with Crippen LogP contribution in [0.15, 0.2) is 21.4 Å². The number of benzene rings is 1. The number of rotatable bonds is 2. The quantitative estimate of drug-likeness (QED) is 0.721. The third-order valence-corrected chi connectivity index (χ3v) is 6.09. The van der Waals surface area contributed by atoms with Crippen molar-refractivity contribution in [1.29, 1.82) is 0 Å². The molecular formula is C14H16Br2N2O. The maximum atomic E-state index is 12.0. The van der Waals surface area contributed by atoms with Crippen LogP contribution in [0.4, 0.5) is 0 Å². The summed E-state index contributed by atoms with van der Waals surface area (Å²) in [4.78, 5) is 12.3. The van der Waals surface area contributed by atoms with Crippen molar-refractivity contribution >= 4 is 42.9 Å². The highest BCUT2D eigenvalue weighted by Crippen LogP contribution is 2.52. The lowest BCUT2D eigenvalue weighted by molar-refractivity contribution is 0.738. The van der Waals surface area contributed by atoms with Crippen LogP contribution in [0, 0.1) is 11.8 Å². The Morgan fingerprint density at radius 1 is 1.26 bits per heavy atom. The van der Waals surface area contributed by atoms with Crippen LogP contribution in [0.5, 0.6) is 0 Å². The van der Waals surface area contributed by atoms with E-state index in [-0.39, 0.29) is 5.69 Å². The lowest BCUT2D eigenvalue weighted by atomic mass is 10.1. The fourth-order valence-corrected chi connectivity index (χ4v) is 4.74. The lowest BCUT2D eigenvalue weighted by Gasteiger charge is -2.12. The summed E-state index contributed by atoms with van der Waals surface area (Å²) in [6.07, 6.45) is 1.27. The summed E-state index contributed by atoms with van der Waals surface area (Å²) < 4.78 is 4.47. The van der Waals surface area contributed by atoms with Gasteiger partial charge in [-0.1, -0.05) is 38.8 Å². The molecule has 19 heavy (non-hydrogen) atoms. The predicted molar refractivity (Wildman–Crippen MR) is 84.8 cm³/mol. The van der Waals surface area contributed by atoms with E-state index in [2.05, 4.69) is 44.8 Å². The molecule has 0 N–H and O–H groups in total. The van der Waals surface area contributed by atoms with Crippen molar-refractivity contribution in [2.45, 2.75) is 18.2 Å². The number of alkyl halides is 1. The topological polar surface area (TPSA) is 26.9 Å². The molecule has 3 rings (SSSR count). The summed E-state index contributed by atoms with van der Waals surface area (Å²) in [6, 6.07) is 4.18. The Morgan fingerprint density at radius 3 is 2.32 bits per heavy atom. The average Bonchev–Trinajstić information content (AvgIpc) is 3.07. The van der Waals surface area contributed by atoms with Crippen LogP contribution in [0.25, 0.3) is 11.0 Å². The first-order valence-electron chi connectivity index (χ1n) is 6.40. The number of aryl methyl sites for hydroxylation is 2. The first-order chi connectivity index (χ1) is 8.91. The van der Waals surface area contributed by atoms with Crippen LogP contribution in [0.3, 0.4) is 0 Å². The Labute approximate surface area is 128 Å². The molecule has 3 nitrogen and oxygen atoms in total. The number of fused-ring (bicyclic) bond motifs is 1. The molecule has 0 saturated heterocycles. The van der Waals surface area contributed by atoms with Gasteiger partial charge in [0.05, 0.1) is 11.0 Å². The molecule has 0 amide bonds.